The third-order valence-electron chi connectivity index (χ3n) is 1.73. The van der Waals surface area contributed by atoms with E-state index in [2.05, 4.69) is 0 Å². The molecule has 5 heteroatoms. The normalized spacial score (nSPS) is 12.2. The zero-order chi connectivity index (χ0) is 10.2. The lowest BCUT2D eigenvalue weighted by Gasteiger charge is -2.31. The van der Waals surface area contributed by atoms with Crippen LogP contribution in [0.1, 0.15) is 26.7 Å². The van der Waals surface area contributed by atoms with Crippen molar-refractivity contribution >= 4 is 10.5 Å². The highest BCUT2D eigenvalue weighted by atomic mass is 28.2. The van der Waals surface area contributed by atoms with Crippen LogP contribution in [0.2, 0.25) is 0 Å². The minimum atomic E-state index is -0.824. The smallest absolute Gasteiger partial charge is 0.272 e. The van der Waals surface area contributed by atoms with Gasteiger partial charge in [0.25, 0.3) is 5.97 Å². The fraction of sp³-hybridized carbons (Fsp3) is 1.00. The topological polar surface area (TPSA) is 53.7 Å². The van der Waals surface area contributed by atoms with Crippen molar-refractivity contribution in [3.63, 3.8) is 0 Å². The molecule has 0 unspecified atom stereocenters. The molecule has 0 aromatic carbocycles. The van der Waals surface area contributed by atoms with E-state index < -0.39 is 5.97 Å². The van der Waals surface area contributed by atoms with Crippen LogP contribution in [0.15, 0.2) is 0 Å². The van der Waals surface area contributed by atoms with Crippen molar-refractivity contribution in [2.45, 2.75) is 32.7 Å². The minimum absolute atomic E-state index is 0.590. The van der Waals surface area contributed by atoms with E-state index in [4.69, 9.17) is 19.6 Å². The van der Waals surface area contributed by atoms with E-state index in [-0.39, 0.29) is 0 Å². The monoisotopic (exact) mass is 207 g/mol. The molecule has 0 aliphatic rings. The van der Waals surface area contributed by atoms with E-state index >= 15 is 0 Å². The molecule has 0 aliphatic carbocycles. The maximum absolute atomic E-state index is 5.46. The second-order valence-electron chi connectivity index (χ2n) is 2.65. The Morgan fingerprint density at radius 2 is 1.77 bits per heavy atom. The van der Waals surface area contributed by atoms with Crippen molar-refractivity contribution in [3.8, 4) is 0 Å². The van der Waals surface area contributed by atoms with Gasteiger partial charge in [-0.05, 0) is 26.8 Å². The van der Waals surface area contributed by atoms with E-state index in [1.165, 1.54) is 0 Å². The highest BCUT2D eigenvalue weighted by molar-refractivity contribution is 5.98. The molecule has 0 spiro atoms. The van der Waals surface area contributed by atoms with Crippen LogP contribution < -0.4 is 5.73 Å². The zero-order valence-electron chi connectivity index (χ0n) is 8.84. The summed E-state index contributed by atoms with van der Waals surface area (Å²) < 4.78 is 16.3. The lowest BCUT2D eigenvalue weighted by atomic mass is 10.2. The second-order valence-corrected chi connectivity index (χ2v) is 3.05. The van der Waals surface area contributed by atoms with Gasteiger partial charge in [0, 0.05) is 19.6 Å². The third-order valence-corrected chi connectivity index (χ3v) is 2.35. The van der Waals surface area contributed by atoms with Crippen LogP contribution in [0.4, 0.5) is 0 Å². The van der Waals surface area contributed by atoms with E-state index in [9.17, 15) is 0 Å². The van der Waals surface area contributed by atoms with E-state index in [0.29, 0.717) is 36.7 Å². The molecule has 0 heterocycles. The van der Waals surface area contributed by atoms with Crippen molar-refractivity contribution in [2.75, 3.05) is 19.8 Å². The van der Waals surface area contributed by atoms with Gasteiger partial charge in [-0.3, -0.25) is 0 Å². The van der Waals surface area contributed by atoms with Crippen LogP contribution in [0.3, 0.4) is 0 Å². The molecule has 4 nitrogen and oxygen atoms in total. The molecule has 0 amide bonds. The Morgan fingerprint density at radius 1 is 1.23 bits per heavy atom. The predicted molar refractivity (Wildman–Crippen MR) is 55.3 cm³/mol. The summed E-state index contributed by atoms with van der Waals surface area (Å²) >= 11 is 0. The van der Waals surface area contributed by atoms with Gasteiger partial charge in [-0.2, -0.15) is 0 Å². The quantitative estimate of drug-likeness (QED) is 0.440. The summed E-state index contributed by atoms with van der Waals surface area (Å²) in [7, 11) is 0.601. The summed E-state index contributed by atoms with van der Waals surface area (Å²) in [5.74, 6) is -0.824. The van der Waals surface area contributed by atoms with Crippen molar-refractivity contribution in [2.24, 2.45) is 5.73 Å². The van der Waals surface area contributed by atoms with Crippen LogP contribution in [-0.2, 0) is 13.9 Å². The number of hydrogen-bond donors (Lipinski definition) is 1. The van der Waals surface area contributed by atoms with Gasteiger partial charge in [-0.15, -0.1) is 0 Å². The Kier molecular flexibility index (Phi) is 7.49. The molecule has 0 aliphatic heterocycles. The first-order valence-corrected chi connectivity index (χ1v) is 5.59. The zero-order valence-corrected chi connectivity index (χ0v) is 10.8. The molecule has 0 saturated carbocycles. The first kappa shape index (κ1) is 13.1. The van der Waals surface area contributed by atoms with Gasteiger partial charge >= 0.3 is 0 Å². The standard InChI is InChI=1S/C8H21NO3Si/c1-3-10-8(12-13,11-4-2)6-5-7-9/h3-7,9H2,1-2,13H3. The van der Waals surface area contributed by atoms with Crippen molar-refractivity contribution in [1.29, 1.82) is 0 Å². The maximum atomic E-state index is 5.46. The summed E-state index contributed by atoms with van der Waals surface area (Å²) in [5.41, 5.74) is 5.43. The highest BCUT2D eigenvalue weighted by Crippen LogP contribution is 2.20. The highest BCUT2D eigenvalue weighted by Gasteiger charge is 2.29. The maximum Gasteiger partial charge on any atom is 0.272 e. The van der Waals surface area contributed by atoms with Crippen LogP contribution >= 0.6 is 0 Å². The average molecular weight is 207 g/mol. The predicted octanol–water partition coefficient (Wildman–Crippen LogP) is -0.251. The molecule has 0 saturated heterocycles. The van der Waals surface area contributed by atoms with E-state index in [1.54, 1.807) is 0 Å². The third kappa shape index (κ3) is 4.73. The fourth-order valence-electron chi connectivity index (χ4n) is 1.16. The van der Waals surface area contributed by atoms with Crippen LogP contribution in [0, 0.1) is 0 Å². The Morgan fingerprint density at radius 3 is 2.08 bits per heavy atom. The molecule has 0 atom stereocenters. The van der Waals surface area contributed by atoms with Gasteiger partial charge in [-0.1, -0.05) is 0 Å². The second kappa shape index (κ2) is 7.46. The van der Waals surface area contributed by atoms with Crippen LogP contribution in [-0.4, -0.2) is 36.2 Å². The Hall–Kier alpha value is 0.0569. The first-order chi connectivity index (χ1) is 6.24. The molecule has 13 heavy (non-hydrogen) atoms. The van der Waals surface area contributed by atoms with Gasteiger partial charge in [0.1, 0.15) is 0 Å². The Labute approximate surface area is 83.3 Å². The van der Waals surface area contributed by atoms with E-state index in [0.717, 1.165) is 6.42 Å². The van der Waals surface area contributed by atoms with Gasteiger partial charge in [0.05, 0.1) is 0 Å². The molecule has 2 N–H and O–H groups in total. The molecule has 0 bridgehead atoms. The van der Waals surface area contributed by atoms with Gasteiger partial charge < -0.3 is 19.6 Å². The molecule has 80 valence electrons. The largest absolute Gasteiger partial charge is 0.380 e. The fourth-order valence-corrected chi connectivity index (χ4v) is 1.60. The summed E-state index contributed by atoms with van der Waals surface area (Å²) in [6.45, 7) is 5.67. The van der Waals surface area contributed by atoms with E-state index in [1.807, 2.05) is 13.8 Å². The van der Waals surface area contributed by atoms with Crippen LogP contribution in [0.25, 0.3) is 0 Å². The Bertz CT molecular complexity index is 118. The molecular weight excluding hydrogens is 186 g/mol. The average Bonchev–Trinajstić information content (AvgIpc) is 2.15. The summed E-state index contributed by atoms with van der Waals surface area (Å²) in [4.78, 5) is 0. The molecule has 0 fully saturated rings. The molecule has 0 rings (SSSR count). The van der Waals surface area contributed by atoms with Crippen molar-refractivity contribution < 1.29 is 13.9 Å². The number of rotatable bonds is 8. The lowest BCUT2D eigenvalue weighted by molar-refractivity contribution is -0.343. The molecule has 0 aromatic rings. The minimum Gasteiger partial charge on any atom is -0.380 e. The van der Waals surface area contributed by atoms with Crippen LogP contribution in [0.5, 0.6) is 0 Å². The van der Waals surface area contributed by atoms with Gasteiger partial charge in [-0.25, -0.2) is 0 Å². The summed E-state index contributed by atoms with van der Waals surface area (Å²) in [6.07, 6.45) is 1.55. The lowest BCUT2D eigenvalue weighted by Crippen LogP contribution is -2.39. The van der Waals surface area contributed by atoms with Gasteiger partial charge in [0.2, 0.25) is 0 Å². The number of nitrogens with two attached hydrogens (primary N) is 1. The molecule has 0 aromatic heterocycles. The summed E-state index contributed by atoms with van der Waals surface area (Å²) in [5, 5.41) is 0. The number of hydrogen-bond acceptors (Lipinski definition) is 4. The first-order valence-electron chi connectivity index (χ1n) is 4.77. The van der Waals surface area contributed by atoms with Crippen molar-refractivity contribution in [3.05, 3.63) is 0 Å². The molecule has 0 radical (unpaired) electrons. The Balaban J connectivity index is 4.07. The molecular formula is C8H21NO3Si. The SMILES string of the molecule is CCOC(CCCN)(O[SiH3])OCC. The van der Waals surface area contributed by atoms with Gasteiger partial charge in [0.15, 0.2) is 10.5 Å². The summed E-state index contributed by atoms with van der Waals surface area (Å²) in [6, 6.07) is 0. The van der Waals surface area contributed by atoms with Crippen molar-refractivity contribution in [1.82, 2.24) is 0 Å². The number of ether oxygens (including phenoxy) is 2.